The number of hydrogen-bond donors (Lipinski definition) is 1. The molecule has 1 aromatic heterocycles. The molecule has 2 aromatic rings. The van der Waals surface area contributed by atoms with Crippen molar-refractivity contribution in [2.24, 2.45) is 5.73 Å². The van der Waals surface area contributed by atoms with Crippen LogP contribution in [0.4, 0.5) is 24.7 Å². The Morgan fingerprint density at radius 2 is 1.93 bits per heavy atom. The highest BCUT2D eigenvalue weighted by Crippen LogP contribution is 2.35. The van der Waals surface area contributed by atoms with Gasteiger partial charge in [-0.15, -0.1) is 0 Å². The minimum atomic E-state index is -2.80. The van der Waals surface area contributed by atoms with Gasteiger partial charge >= 0.3 is 0 Å². The van der Waals surface area contributed by atoms with Crippen LogP contribution >= 0.6 is 0 Å². The molecule has 4 rings (SSSR count). The lowest BCUT2D eigenvalue weighted by molar-refractivity contribution is 0.0256. The molecule has 5 nitrogen and oxygen atoms in total. The second-order valence-corrected chi connectivity index (χ2v) is 7.83. The summed E-state index contributed by atoms with van der Waals surface area (Å²) in [6, 6.07) is 9.21. The molecule has 2 fully saturated rings. The summed E-state index contributed by atoms with van der Waals surface area (Å²) in [5.41, 5.74) is 7.27. The third-order valence-electron chi connectivity index (χ3n) is 5.51. The van der Waals surface area contributed by atoms with E-state index in [1.165, 1.54) is 11.1 Å². The molecule has 2 aliphatic rings. The summed E-state index contributed by atoms with van der Waals surface area (Å²) in [5, 5.41) is 0. The van der Waals surface area contributed by atoms with Crippen LogP contribution < -0.4 is 20.3 Å². The van der Waals surface area contributed by atoms with Crippen LogP contribution in [0.25, 0.3) is 0 Å². The predicted molar refractivity (Wildman–Crippen MR) is 106 cm³/mol. The van der Waals surface area contributed by atoms with E-state index in [0.29, 0.717) is 18.8 Å². The molecule has 2 atom stereocenters. The van der Waals surface area contributed by atoms with E-state index in [1.807, 2.05) is 36.1 Å². The lowest BCUT2D eigenvalue weighted by Gasteiger charge is -2.23. The zero-order chi connectivity index (χ0) is 20.6. The summed E-state index contributed by atoms with van der Waals surface area (Å²) in [7, 11) is 0. The van der Waals surface area contributed by atoms with Crippen molar-refractivity contribution in [3.63, 3.8) is 0 Å². The number of halogens is 3. The van der Waals surface area contributed by atoms with Crippen molar-refractivity contribution in [3.8, 4) is 5.75 Å². The standard InChI is InChI=1S/C21H25F3N4O/c1-14(25)15-2-4-16(5-3-15)29-17-7-10-27(12-17)18-6-9-26-20(19(18)22)28-11-8-21(23,24)13-28/h2-6,9,14,17H,7-8,10-13,25H2,1H3/t14-,17?/m0/s1. The van der Waals surface area contributed by atoms with Gasteiger partial charge in [0.25, 0.3) is 5.92 Å². The third-order valence-corrected chi connectivity index (χ3v) is 5.51. The summed E-state index contributed by atoms with van der Waals surface area (Å²) < 4.78 is 48.1. The minimum Gasteiger partial charge on any atom is -0.489 e. The number of rotatable bonds is 5. The maximum Gasteiger partial charge on any atom is 0.266 e. The number of nitrogens with two attached hydrogens (primary N) is 1. The van der Waals surface area contributed by atoms with Crippen molar-refractivity contribution in [2.75, 3.05) is 36.0 Å². The van der Waals surface area contributed by atoms with Crippen LogP contribution in [0.1, 0.15) is 31.4 Å². The number of alkyl halides is 2. The average Bonchev–Trinajstić information content (AvgIpc) is 3.28. The van der Waals surface area contributed by atoms with Crippen molar-refractivity contribution in [1.29, 1.82) is 0 Å². The number of pyridine rings is 1. The molecule has 0 radical (unpaired) electrons. The molecule has 0 saturated carbocycles. The highest BCUT2D eigenvalue weighted by Gasteiger charge is 2.40. The first-order chi connectivity index (χ1) is 13.8. The topological polar surface area (TPSA) is 54.6 Å². The Hall–Kier alpha value is -2.48. The van der Waals surface area contributed by atoms with Crippen LogP contribution in [-0.2, 0) is 0 Å². The smallest absolute Gasteiger partial charge is 0.266 e. The van der Waals surface area contributed by atoms with Gasteiger partial charge in [0.15, 0.2) is 11.6 Å². The van der Waals surface area contributed by atoms with E-state index in [0.717, 1.165) is 17.7 Å². The van der Waals surface area contributed by atoms with E-state index in [-0.39, 0.29) is 30.9 Å². The molecule has 0 spiro atoms. The highest BCUT2D eigenvalue weighted by molar-refractivity contribution is 5.58. The van der Waals surface area contributed by atoms with Crippen molar-refractivity contribution in [2.45, 2.75) is 37.8 Å². The molecule has 0 bridgehead atoms. The molecule has 0 amide bonds. The second kappa shape index (κ2) is 7.74. The van der Waals surface area contributed by atoms with Crippen LogP contribution in [0.2, 0.25) is 0 Å². The fourth-order valence-electron chi connectivity index (χ4n) is 3.89. The fraction of sp³-hybridized carbons (Fsp3) is 0.476. The van der Waals surface area contributed by atoms with Crippen molar-refractivity contribution in [3.05, 3.63) is 47.9 Å². The molecule has 2 N–H and O–H groups in total. The van der Waals surface area contributed by atoms with Gasteiger partial charge in [-0.25, -0.2) is 18.2 Å². The van der Waals surface area contributed by atoms with Gasteiger partial charge < -0.3 is 20.3 Å². The first-order valence-electron chi connectivity index (χ1n) is 9.87. The Morgan fingerprint density at radius 3 is 2.59 bits per heavy atom. The third kappa shape index (κ3) is 4.27. The zero-order valence-corrected chi connectivity index (χ0v) is 16.3. The molecule has 3 heterocycles. The monoisotopic (exact) mass is 406 g/mol. The van der Waals surface area contributed by atoms with Gasteiger partial charge in [-0.05, 0) is 30.7 Å². The van der Waals surface area contributed by atoms with Gasteiger partial charge in [-0.2, -0.15) is 0 Å². The van der Waals surface area contributed by atoms with E-state index in [9.17, 15) is 8.78 Å². The fourth-order valence-corrected chi connectivity index (χ4v) is 3.89. The van der Waals surface area contributed by atoms with Gasteiger partial charge in [0.05, 0.1) is 18.8 Å². The van der Waals surface area contributed by atoms with Crippen molar-refractivity contribution < 1.29 is 17.9 Å². The Labute approximate surface area is 168 Å². The molecular weight excluding hydrogens is 381 g/mol. The quantitative estimate of drug-likeness (QED) is 0.820. The van der Waals surface area contributed by atoms with E-state index in [2.05, 4.69) is 4.98 Å². The predicted octanol–water partition coefficient (Wildman–Crippen LogP) is 3.74. The zero-order valence-electron chi connectivity index (χ0n) is 16.3. The highest BCUT2D eigenvalue weighted by atomic mass is 19.3. The van der Waals surface area contributed by atoms with E-state index in [1.54, 1.807) is 6.07 Å². The Morgan fingerprint density at radius 1 is 1.17 bits per heavy atom. The Bertz CT molecular complexity index is 860. The van der Waals surface area contributed by atoms with Gasteiger partial charge in [0, 0.05) is 38.2 Å². The summed E-state index contributed by atoms with van der Waals surface area (Å²) >= 11 is 0. The van der Waals surface area contributed by atoms with Gasteiger partial charge in [0.2, 0.25) is 0 Å². The number of ether oxygens (including phenoxy) is 1. The van der Waals surface area contributed by atoms with Crippen LogP contribution in [0.3, 0.4) is 0 Å². The summed E-state index contributed by atoms with van der Waals surface area (Å²) in [6.07, 6.45) is 1.86. The maximum atomic E-state index is 15.1. The molecule has 0 aliphatic carbocycles. The first-order valence-corrected chi connectivity index (χ1v) is 9.87. The summed E-state index contributed by atoms with van der Waals surface area (Å²) in [4.78, 5) is 7.22. The molecule has 2 saturated heterocycles. The first kappa shape index (κ1) is 19.8. The largest absolute Gasteiger partial charge is 0.489 e. The summed E-state index contributed by atoms with van der Waals surface area (Å²) in [5.74, 6) is -2.60. The molecule has 29 heavy (non-hydrogen) atoms. The maximum absolute atomic E-state index is 15.1. The number of hydrogen-bond acceptors (Lipinski definition) is 5. The molecule has 156 valence electrons. The van der Waals surface area contributed by atoms with E-state index >= 15 is 4.39 Å². The normalized spacial score (nSPS) is 22.2. The second-order valence-electron chi connectivity index (χ2n) is 7.83. The number of nitrogens with zero attached hydrogens (tertiary/aromatic N) is 3. The van der Waals surface area contributed by atoms with E-state index < -0.39 is 18.3 Å². The van der Waals surface area contributed by atoms with Gasteiger partial charge in [-0.3, -0.25) is 0 Å². The Balaban J connectivity index is 1.43. The van der Waals surface area contributed by atoms with E-state index in [4.69, 9.17) is 10.5 Å². The molecule has 1 unspecified atom stereocenters. The van der Waals surface area contributed by atoms with Gasteiger partial charge in [-0.1, -0.05) is 12.1 Å². The number of benzene rings is 1. The summed E-state index contributed by atoms with van der Waals surface area (Å²) in [6.45, 7) is 2.67. The van der Waals surface area contributed by atoms with Crippen molar-refractivity contribution >= 4 is 11.5 Å². The van der Waals surface area contributed by atoms with Crippen molar-refractivity contribution in [1.82, 2.24) is 4.98 Å². The molecular formula is C21H25F3N4O. The van der Waals surface area contributed by atoms with Crippen LogP contribution in [0, 0.1) is 5.82 Å². The minimum absolute atomic E-state index is 0.00413. The SMILES string of the molecule is C[C@H](N)c1ccc(OC2CCN(c3ccnc(N4CCC(F)(F)C4)c3F)C2)cc1. The lowest BCUT2D eigenvalue weighted by atomic mass is 10.1. The number of aromatic nitrogens is 1. The lowest BCUT2D eigenvalue weighted by Crippen LogP contribution is -2.28. The average molecular weight is 406 g/mol. The molecule has 8 heteroatoms. The van der Waals surface area contributed by atoms with Crippen LogP contribution in [-0.4, -0.2) is 43.2 Å². The van der Waals surface area contributed by atoms with Crippen LogP contribution in [0.5, 0.6) is 5.75 Å². The molecule has 2 aliphatic heterocycles. The van der Waals surface area contributed by atoms with Gasteiger partial charge in [0.1, 0.15) is 11.9 Å². The molecule has 1 aromatic carbocycles. The Kier molecular flexibility index (Phi) is 5.29. The van der Waals surface area contributed by atoms with Crippen LogP contribution in [0.15, 0.2) is 36.5 Å². The number of anilines is 2.